The van der Waals surface area contributed by atoms with Crippen molar-refractivity contribution in [3.63, 3.8) is 0 Å². The Bertz CT molecular complexity index is 1320. The largest absolute Gasteiger partial charge is 0.326 e. The van der Waals surface area contributed by atoms with Crippen LogP contribution in [0.2, 0.25) is 5.02 Å². The molecule has 0 unspecified atom stereocenters. The number of carbonyl (C=O) groups is 3. The molecule has 6 heteroatoms. The van der Waals surface area contributed by atoms with E-state index in [0.29, 0.717) is 33.1 Å². The number of anilines is 2. The van der Waals surface area contributed by atoms with Crippen molar-refractivity contribution in [1.29, 1.82) is 0 Å². The minimum absolute atomic E-state index is 0.145. The standard InChI is InChI=1S/C28H21ClN2O3/c29-22-13-16-25(24(18-22)27(33)20-9-5-2-6-10-20)31-28(34)21-11-14-23(15-12-21)30-26(32)17-19-7-3-1-4-8-19/h1-16,18H,17H2,(H,30,32)(H,31,34). The maximum absolute atomic E-state index is 13.0. The Labute approximate surface area is 202 Å². The van der Waals surface area contributed by atoms with E-state index in [-0.39, 0.29) is 24.0 Å². The van der Waals surface area contributed by atoms with E-state index in [1.165, 1.54) is 6.07 Å². The zero-order valence-electron chi connectivity index (χ0n) is 18.1. The summed E-state index contributed by atoms with van der Waals surface area (Å²) in [6.07, 6.45) is 0.262. The summed E-state index contributed by atoms with van der Waals surface area (Å²) in [6.45, 7) is 0. The van der Waals surface area contributed by atoms with Crippen LogP contribution in [0, 0.1) is 0 Å². The van der Waals surface area contributed by atoms with Crippen molar-refractivity contribution in [2.24, 2.45) is 0 Å². The minimum Gasteiger partial charge on any atom is -0.326 e. The van der Waals surface area contributed by atoms with Crippen LogP contribution in [-0.2, 0) is 11.2 Å². The second-order valence-corrected chi connectivity index (χ2v) is 8.06. The monoisotopic (exact) mass is 468 g/mol. The Morgan fingerprint density at radius 2 is 1.32 bits per heavy atom. The Morgan fingerprint density at radius 1 is 0.676 bits per heavy atom. The molecule has 0 spiro atoms. The zero-order valence-corrected chi connectivity index (χ0v) is 18.9. The molecule has 4 aromatic rings. The molecule has 2 N–H and O–H groups in total. The summed E-state index contributed by atoms with van der Waals surface area (Å²) in [5.74, 6) is -0.768. The first-order chi connectivity index (χ1) is 16.5. The van der Waals surface area contributed by atoms with Crippen LogP contribution in [0.1, 0.15) is 31.8 Å². The number of carbonyl (C=O) groups excluding carboxylic acids is 3. The molecule has 0 fully saturated rings. The lowest BCUT2D eigenvalue weighted by molar-refractivity contribution is -0.115. The molecular formula is C28H21ClN2O3. The lowest BCUT2D eigenvalue weighted by Gasteiger charge is -2.12. The van der Waals surface area contributed by atoms with Gasteiger partial charge in [0, 0.05) is 27.4 Å². The van der Waals surface area contributed by atoms with Crippen LogP contribution in [-0.4, -0.2) is 17.6 Å². The van der Waals surface area contributed by atoms with Crippen LogP contribution >= 0.6 is 11.6 Å². The molecule has 0 aliphatic rings. The van der Waals surface area contributed by atoms with Crippen molar-refractivity contribution >= 4 is 40.6 Å². The molecule has 2 amide bonds. The minimum atomic E-state index is -0.383. The van der Waals surface area contributed by atoms with Crippen LogP contribution < -0.4 is 10.6 Å². The van der Waals surface area contributed by atoms with Crippen molar-refractivity contribution in [2.75, 3.05) is 10.6 Å². The molecule has 4 rings (SSSR count). The molecule has 4 aromatic carbocycles. The second kappa shape index (κ2) is 10.6. The lowest BCUT2D eigenvalue weighted by Crippen LogP contribution is -2.16. The van der Waals surface area contributed by atoms with Gasteiger partial charge in [0.2, 0.25) is 5.91 Å². The summed E-state index contributed by atoms with van der Waals surface area (Å²) in [5.41, 5.74) is 3.05. The highest BCUT2D eigenvalue weighted by atomic mass is 35.5. The first-order valence-corrected chi connectivity index (χ1v) is 11.0. The van der Waals surface area contributed by atoms with Gasteiger partial charge < -0.3 is 10.6 Å². The number of hydrogen-bond donors (Lipinski definition) is 2. The molecule has 0 atom stereocenters. The van der Waals surface area contributed by atoms with Gasteiger partial charge in [0.15, 0.2) is 5.78 Å². The van der Waals surface area contributed by atoms with Crippen molar-refractivity contribution in [1.82, 2.24) is 0 Å². The van der Waals surface area contributed by atoms with Crippen LogP contribution in [0.3, 0.4) is 0 Å². The van der Waals surface area contributed by atoms with Crippen molar-refractivity contribution in [3.8, 4) is 0 Å². The fraction of sp³-hybridized carbons (Fsp3) is 0.0357. The summed E-state index contributed by atoms with van der Waals surface area (Å²) in [4.78, 5) is 38.1. The van der Waals surface area contributed by atoms with Gasteiger partial charge in [-0.1, -0.05) is 72.3 Å². The quantitative estimate of drug-likeness (QED) is 0.326. The number of halogens is 1. The molecule has 0 bridgehead atoms. The number of benzene rings is 4. The van der Waals surface area contributed by atoms with Gasteiger partial charge in [-0.2, -0.15) is 0 Å². The van der Waals surface area contributed by atoms with Gasteiger partial charge in [-0.25, -0.2) is 0 Å². The molecule has 0 heterocycles. The smallest absolute Gasteiger partial charge is 0.255 e. The number of amides is 2. The number of rotatable bonds is 7. The van der Waals surface area contributed by atoms with Gasteiger partial charge >= 0.3 is 0 Å². The number of ketones is 1. The summed E-state index contributed by atoms with van der Waals surface area (Å²) >= 11 is 6.11. The second-order valence-electron chi connectivity index (χ2n) is 7.63. The molecule has 0 aliphatic heterocycles. The van der Waals surface area contributed by atoms with Crippen molar-refractivity contribution in [2.45, 2.75) is 6.42 Å². The van der Waals surface area contributed by atoms with Gasteiger partial charge in [-0.15, -0.1) is 0 Å². The highest BCUT2D eigenvalue weighted by Crippen LogP contribution is 2.24. The predicted molar refractivity (Wildman–Crippen MR) is 134 cm³/mol. The number of hydrogen-bond acceptors (Lipinski definition) is 3. The van der Waals surface area contributed by atoms with E-state index < -0.39 is 0 Å². The maximum Gasteiger partial charge on any atom is 0.255 e. The molecule has 0 saturated carbocycles. The molecule has 0 aromatic heterocycles. The summed E-state index contributed by atoms with van der Waals surface area (Å²) in [5, 5.41) is 6.01. The Balaban J connectivity index is 1.45. The molecule has 0 saturated heterocycles. The molecule has 168 valence electrons. The third kappa shape index (κ3) is 5.77. The molecule has 0 radical (unpaired) electrons. The average Bonchev–Trinajstić information content (AvgIpc) is 2.86. The third-order valence-corrected chi connectivity index (χ3v) is 5.38. The third-order valence-electron chi connectivity index (χ3n) is 5.15. The first kappa shape index (κ1) is 23.0. The van der Waals surface area contributed by atoms with Crippen molar-refractivity contribution in [3.05, 3.63) is 130 Å². The van der Waals surface area contributed by atoms with E-state index in [1.54, 1.807) is 60.7 Å². The molecular weight excluding hydrogens is 448 g/mol. The van der Waals surface area contributed by atoms with Gasteiger partial charge in [-0.05, 0) is 48.0 Å². The summed E-state index contributed by atoms with van der Waals surface area (Å²) in [7, 11) is 0. The van der Waals surface area contributed by atoms with Gasteiger partial charge in [0.25, 0.3) is 5.91 Å². The zero-order chi connectivity index (χ0) is 23.9. The first-order valence-electron chi connectivity index (χ1n) is 10.6. The van der Waals surface area contributed by atoms with Crippen LogP contribution in [0.25, 0.3) is 0 Å². The van der Waals surface area contributed by atoms with Crippen LogP contribution in [0.4, 0.5) is 11.4 Å². The average molecular weight is 469 g/mol. The van der Waals surface area contributed by atoms with Crippen molar-refractivity contribution < 1.29 is 14.4 Å². The lowest BCUT2D eigenvalue weighted by atomic mass is 10.0. The SMILES string of the molecule is O=C(Cc1ccccc1)Nc1ccc(C(=O)Nc2ccc(Cl)cc2C(=O)c2ccccc2)cc1. The Morgan fingerprint density at radius 3 is 2.00 bits per heavy atom. The van der Waals surface area contributed by atoms with E-state index in [9.17, 15) is 14.4 Å². The summed E-state index contributed by atoms with van der Waals surface area (Å²) < 4.78 is 0. The normalized spacial score (nSPS) is 10.4. The van der Waals surface area contributed by atoms with Crippen LogP contribution in [0.5, 0.6) is 0 Å². The van der Waals surface area contributed by atoms with E-state index in [1.807, 2.05) is 36.4 Å². The van der Waals surface area contributed by atoms with Crippen LogP contribution in [0.15, 0.2) is 103 Å². The van der Waals surface area contributed by atoms with E-state index >= 15 is 0 Å². The molecule has 5 nitrogen and oxygen atoms in total. The van der Waals surface area contributed by atoms with E-state index in [4.69, 9.17) is 11.6 Å². The fourth-order valence-corrected chi connectivity index (χ4v) is 3.62. The highest BCUT2D eigenvalue weighted by molar-refractivity contribution is 6.31. The van der Waals surface area contributed by atoms with Gasteiger partial charge in [0.05, 0.1) is 12.1 Å². The maximum atomic E-state index is 13.0. The van der Waals surface area contributed by atoms with Gasteiger partial charge in [0.1, 0.15) is 0 Å². The topological polar surface area (TPSA) is 75.3 Å². The summed E-state index contributed by atoms with van der Waals surface area (Å²) in [6, 6.07) is 29.5. The Hall–Kier alpha value is -4.22. The fourth-order valence-electron chi connectivity index (χ4n) is 3.44. The van der Waals surface area contributed by atoms with Gasteiger partial charge in [-0.3, -0.25) is 14.4 Å². The molecule has 0 aliphatic carbocycles. The molecule has 34 heavy (non-hydrogen) atoms. The van der Waals surface area contributed by atoms with E-state index in [2.05, 4.69) is 10.6 Å². The van der Waals surface area contributed by atoms with E-state index in [0.717, 1.165) is 5.56 Å². The number of nitrogens with one attached hydrogen (secondary N) is 2. The highest BCUT2D eigenvalue weighted by Gasteiger charge is 2.17. The Kier molecular flexibility index (Phi) is 7.16. The predicted octanol–water partition coefficient (Wildman–Crippen LogP) is 6.00.